The van der Waals surface area contributed by atoms with Gasteiger partial charge in [0.05, 0.1) is 6.04 Å². The number of hydrogen-bond acceptors (Lipinski definition) is 3. The molecule has 0 saturated heterocycles. The van der Waals surface area contributed by atoms with E-state index >= 15 is 0 Å². The van der Waals surface area contributed by atoms with E-state index in [-0.39, 0.29) is 24.2 Å². The fraction of sp³-hybridized carbons (Fsp3) is 0.364. The normalized spacial score (nSPS) is 11.5. The monoisotopic (exact) mass is 403 g/mol. The zero-order valence-electron chi connectivity index (χ0n) is 16.7. The van der Waals surface area contributed by atoms with Gasteiger partial charge in [0.2, 0.25) is 5.91 Å². The second kappa shape index (κ2) is 11.5. The Bertz CT molecular complexity index is 776. The number of halogens is 1. The van der Waals surface area contributed by atoms with Gasteiger partial charge in [0.15, 0.2) is 0 Å². The van der Waals surface area contributed by atoms with Gasteiger partial charge in [-0.25, -0.2) is 0 Å². The van der Waals surface area contributed by atoms with Gasteiger partial charge in [-0.3, -0.25) is 9.59 Å². The summed E-state index contributed by atoms with van der Waals surface area (Å²) in [6.45, 7) is 6.92. The van der Waals surface area contributed by atoms with E-state index in [1.807, 2.05) is 57.2 Å². The van der Waals surface area contributed by atoms with Crippen molar-refractivity contribution in [3.63, 3.8) is 0 Å². The zero-order valence-corrected chi connectivity index (χ0v) is 17.5. The number of nitrogens with two attached hydrogens (primary N) is 1. The summed E-state index contributed by atoms with van der Waals surface area (Å²) >= 11 is 0. The van der Waals surface area contributed by atoms with Gasteiger partial charge in [-0.1, -0.05) is 55.8 Å². The quantitative estimate of drug-likeness (QED) is 0.632. The Labute approximate surface area is 173 Å². The van der Waals surface area contributed by atoms with Gasteiger partial charge >= 0.3 is 0 Å². The predicted molar refractivity (Wildman–Crippen MR) is 115 cm³/mol. The fourth-order valence-corrected chi connectivity index (χ4v) is 2.75. The lowest BCUT2D eigenvalue weighted by molar-refractivity contribution is -0.122. The Morgan fingerprint density at radius 2 is 1.61 bits per heavy atom. The Hall–Kier alpha value is -2.37. The molecule has 2 amide bonds. The van der Waals surface area contributed by atoms with Crippen LogP contribution in [0.1, 0.15) is 47.3 Å². The molecule has 2 aromatic rings. The van der Waals surface area contributed by atoms with Crippen LogP contribution < -0.4 is 16.4 Å². The molecule has 0 spiro atoms. The topological polar surface area (TPSA) is 84.2 Å². The lowest BCUT2D eigenvalue weighted by Gasteiger charge is -2.14. The first-order chi connectivity index (χ1) is 12.8. The van der Waals surface area contributed by atoms with Crippen LogP contribution in [0.2, 0.25) is 0 Å². The highest BCUT2D eigenvalue weighted by atomic mass is 35.5. The average Bonchev–Trinajstić information content (AvgIpc) is 2.65. The van der Waals surface area contributed by atoms with E-state index in [9.17, 15) is 9.59 Å². The Morgan fingerprint density at radius 1 is 0.964 bits per heavy atom. The van der Waals surface area contributed by atoms with Crippen molar-refractivity contribution < 1.29 is 9.59 Å². The van der Waals surface area contributed by atoms with E-state index in [1.165, 1.54) is 5.56 Å². The van der Waals surface area contributed by atoms with Crippen molar-refractivity contribution in [2.45, 2.75) is 46.3 Å². The minimum absolute atomic E-state index is 0. The van der Waals surface area contributed by atoms with Crippen LogP contribution in [0.5, 0.6) is 0 Å². The molecule has 0 saturated carbocycles. The standard InChI is InChI=1S/C22H29N3O2.ClH/c1-15(2)11-20(23)22(27)25-14-18-5-4-6-19(12-18)21(26)24-13-17-9-7-16(3)8-10-17;/h4-10,12,15,20H,11,13-14,23H2,1-3H3,(H,24,26)(H,25,27);1H/t20-;/m0./s1. The molecule has 0 radical (unpaired) electrons. The number of hydrogen-bond donors (Lipinski definition) is 3. The summed E-state index contributed by atoms with van der Waals surface area (Å²) in [5.41, 5.74) is 9.56. The summed E-state index contributed by atoms with van der Waals surface area (Å²) < 4.78 is 0. The van der Waals surface area contributed by atoms with Crippen molar-refractivity contribution >= 4 is 24.2 Å². The van der Waals surface area contributed by atoms with E-state index in [0.29, 0.717) is 31.0 Å². The molecule has 1 atom stereocenters. The van der Waals surface area contributed by atoms with Crippen molar-refractivity contribution in [2.75, 3.05) is 0 Å². The van der Waals surface area contributed by atoms with Crippen molar-refractivity contribution in [2.24, 2.45) is 11.7 Å². The van der Waals surface area contributed by atoms with Crippen LogP contribution in [0.15, 0.2) is 48.5 Å². The predicted octanol–water partition coefficient (Wildman–Crippen LogP) is 3.34. The first-order valence-electron chi connectivity index (χ1n) is 9.31. The molecule has 0 aromatic heterocycles. The zero-order chi connectivity index (χ0) is 19.8. The second-order valence-corrected chi connectivity index (χ2v) is 7.32. The maximum atomic E-state index is 12.4. The van der Waals surface area contributed by atoms with Gasteiger partial charge in [-0.2, -0.15) is 0 Å². The molecule has 2 aromatic carbocycles. The van der Waals surface area contributed by atoms with Gasteiger partial charge in [-0.05, 0) is 42.5 Å². The number of carbonyl (C=O) groups is 2. The average molecular weight is 404 g/mol. The third-order valence-corrected chi connectivity index (χ3v) is 4.29. The van der Waals surface area contributed by atoms with E-state index in [0.717, 1.165) is 11.1 Å². The van der Waals surface area contributed by atoms with Gasteiger partial charge in [0.1, 0.15) is 0 Å². The molecule has 0 aliphatic carbocycles. The number of carbonyl (C=O) groups excluding carboxylic acids is 2. The first kappa shape index (κ1) is 23.7. The number of nitrogens with one attached hydrogen (secondary N) is 2. The lowest BCUT2D eigenvalue weighted by atomic mass is 10.0. The van der Waals surface area contributed by atoms with Crippen LogP contribution >= 0.6 is 12.4 Å². The number of rotatable bonds is 8. The Kier molecular flexibility index (Phi) is 9.69. The van der Waals surface area contributed by atoms with Crippen LogP contribution in [0, 0.1) is 12.8 Å². The van der Waals surface area contributed by atoms with Crippen molar-refractivity contribution in [3.05, 3.63) is 70.8 Å². The summed E-state index contributed by atoms with van der Waals surface area (Å²) in [6, 6.07) is 14.8. The molecule has 4 N–H and O–H groups in total. The molecule has 0 aliphatic rings. The molecule has 2 rings (SSSR count). The molecule has 0 heterocycles. The SMILES string of the molecule is Cc1ccc(CNC(=O)c2cccc(CNC(=O)[C@@H](N)CC(C)C)c2)cc1.Cl. The third-order valence-electron chi connectivity index (χ3n) is 4.29. The van der Waals surface area contributed by atoms with E-state index in [1.54, 1.807) is 12.1 Å². The summed E-state index contributed by atoms with van der Waals surface area (Å²) in [7, 11) is 0. The van der Waals surface area contributed by atoms with Crippen LogP contribution in [0.3, 0.4) is 0 Å². The minimum atomic E-state index is -0.508. The Morgan fingerprint density at radius 3 is 2.25 bits per heavy atom. The summed E-state index contributed by atoms with van der Waals surface area (Å²) in [6.07, 6.45) is 0.646. The molecule has 6 heteroatoms. The fourth-order valence-electron chi connectivity index (χ4n) is 2.75. The molecule has 0 bridgehead atoms. The number of aryl methyl sites for hydroxylation is 1. The highest BCUT2D eigenvalue weighted by molar-refractivity contribution is 5.94. The number of benzene rings is 2. The summed E-state index contributed by atoms with van der Waals surface area (Å²) in [5.74, 6) is 0.0597. The first-order valence-corrected chi connectivity index (χ1v) is 9.31. The van der Waals surface area contributed by atoms with Crippen LogP contribution in [0.4, 0.5) is 0 Å². The van der Waals surface area contributed by atoms with Crippen LogP contribution in [-0.4, -0.2) is 17.9 Å². The molecule has 0 fully saturated rings. The van der Waals surface area contributed by atoms with E-state index in [2.05, 4.69) is 10.6 Å². The molecular formula is C22H30ClN3O2. The van der Waals surface area contributed by atoms with Gasteiger partial charge < -0.3 is 16.4 Å². The molecule has 0 aliphatic heterocycles. The number of amides is 2. The van der Waals surface area contributed by atoms with Gasteiger partial charge in [0.25, 0.3) is 5.91 Å². The maximum absolute atomic E-state index is 12.4. The molecular weight excluding hydrogens is 374 g/mol. The summed E-state index contributed by atoms with van der Waals surface area (Å²) in [4.78, 5) is 24.4. The minimum Gasteiger partial charge on any atom is -0.351 e. The van der Waals surface area contributed by atoms with Crippen molar-refractivity contribution in [1.29, 1.82) is 0 Å². The smallest absolute Gasteiger partial charge is 0.251 e. The largest absolute Gasteiger partial charge is 0.351 e. The van der Waals surface area contributed by atoms with E-state index < -0.39 is 6.04 Å². The molecule has 5 nitrogen and oxygen atoms in total. The van der Waals surface area contributed by atoms with Crippen LogP contribution in [-0.2, 0) is 17.9 Å². The van der Waals surface area contributed by atoms with Crippen molar-refractivity contribution in [3.8, 4) is 0 Å². The molecule has 28 heavy (non-hydrogen) atoms. The lowest BCUT2D eigenvalue weighted by Crippen LogP contribution is -2.41. The second-order valence-electron chi connectivity index (χ2n) is 7.32. The maximum Gasteiger partial charge on any atom is 0.251 e. The highest BCUT2D eigenvalue weighted by Gasteiger charge is 2.14. The van der Waals surface area contributed by atoms with E-state index in [4.69, 9.17) is 5.73 Å². The highest BCUT2D eigenvalue weighted by Crippen LogP contribution is 2.08. The molecule has 0 unspecified atom stereocenters. The molecule has 152 valence electrons. The van der Waals surface area contributed by atoms with Gasteiger partial charge in [0, 0.05) is 18.7 Å². The van der Waals surface area contributed by atoms with Gasteiger partial charge in [-0.15, -0.1) is 12.4 Å². The summed E-state index contributed by atoms with van der Waals surface area (Å²) in [5, 5.41) is 5.76. The van der Waals surface area contributed by atoms with Crippen molar-refractivity contribution in [1.82, 2.24) is 10.6 Å². The Balaban J connectivity index is 0.00000392. The van der Waals surface area contributed by atoms with Crippen LogP contribution in [0.25, 0.3) is 0 Å². The third kappa shape index (κ3) is 7.71.